The van der Waals surface area contributed by atoms with Crippen LogP contribution in [0.15, 0.2) is 42.5 Å². The minimum atomic E-state index is -0.824. The maximum atomic E-state index is 13.3. The van der Waals surface area contributed by atoms with Crippen molar-refractivity contribution >= 4 is 18.3 Å². The summed E-state index contributed by atoms with van der Waals surface area (Å²) in [5, 5.41) is 3.07. The van der Waals surface area contributed by atoms with E-state index in [1.165, 1.54) is 6.07 Å². The van der Waals surface area contributed by atoms with Gasteiger partial charge in [0.2, 0.25) is 0 Å². The summed E-state index contributed by atoms with van der Waals surface area (Å²) < 4.78 is 26.3. The Hall–Kier alpha value is -2.02. The highest BCUT2D eigenvalue weighted by Gasteiger charge is 2.21. The molecule has 0 aromatic heterocycles. The Morgan fingerprint density at radius 1 is 1.04 bits per heavy atom. The van der Waals surface area contributed by atoms with Crippen LogP contribution >= 0.6 is 12.4 Å². The Balaban J connectivity index is 0.00000261. The molecule has 146 valence electrons. The molecule has 0 saturated carbocycles. The fourth-order valence-corrected chi connectivity index (χ4v) is 3.19. The number of nitrogens with zero attached hydrogens (tertiary/aromatic N) is 1. The summed E-state index contributed by atoms with van der Waals surface area (Å²) in [5.74, 6) is -1.72. The van der Waals surface area contributed by atoms with Gasteiger partial charge in [0.15, 0.2) is 11.6 Å². The zero-order chi connectivity index (χ0) is 18.5. The number of likely N-dealkylation sites (tertiary alicyclic amines) is 1. The summed E-state index contributed by atoms with van der Waals surface area (Å²) in [6, 6.07) is 11.4. The van der Waals surface area contributed by atoms with Gasteiger partial charge in [-0.05, 0) is 48.2 Å². The summed E-state index contributed by atoms with van der Waals surface area (Å²) in [6.07, 6.45) is 1.66. The minimum absolute atomic E-state index is 0. The second-order valence-electron chi connectivity index (χ2n) is 6.67. The lowest BCUT2D eigenvalue weighted by molar-refractivity contribution is 0.0909. The van der Waals surface area contributed by atoms with E-state index in [-0.39, 0.29) is 24.4 Å². The summed E-state index contributed by atoms with van der Waals surface area (Å²) in [6.45, 7) is 2.64. The Morgan fingerprint density at radius 2 is 1.67 bits per heavy atom. The minimum Gasteiger partial charge on any atom is -0.349 e. The molecule has 1 aliphatic rings. The van der Waals surface area contributed by atoms with Gasteiger partial charge in [-0.1, -0.05) is 18.2 Å². The molecule has 4 nitrogen and oxygen atoms in total. The van der Waals surface area contributed by atoms with Gasteiger partial charge in [0.1, 0.15) is 0 Å². The zero-order valence-electron chi connectivity index (χ0n) is 15.0. The van der Waals surface area contributed by atoms with Gasteiger partial charge in [-0.15, -0.1) is 12.4 Å². The monoisotopic (exact) mass is 395 g/mol. The lowest BCUT2D eigenvalue weighted by Gasteiger charge is -2.32. The number of piperidine rings is 1. The van der Waals surface area contributed by atoms with E-state index in [1.807, 2.05) is 12.1 Å². The summed E-state index contributed by atoms with van der Waals surface area (Å²) in [4.78, 5) is 14.5. The van der Waals surface area contributed by atoms with Crippen LogP contribution in [0.3, 0.4) is 0 Å². The van der Waals surface area contributed by atoms with Crippen LogP contribution in [0.5, 0.6) is 0 Å². The number of carbonyl (C=O) groups excluding carboxylic acids is 1. The van der Waals surface area contributed by atoms with Gasteiger partial charge in [0, 0.05) is 37.8 Å². The number of nitrogens with one attached hydrogen (secondary N) is 1. The molecule has 2 aromatic rings. The molecule has 0 bridgehead atoms. The Labute approximate surface area is 164 Å². The van der Waals surface area contributed by atoms with E-state index < -0.39 is 11.6 Å². The van der Waals surface area contributed by atoms with Crippen molar-refractivity contribution in [2.75, 3.05) is 13.1 Å². The molecule has 2 aromatic carbocycles. The molecule has 0 aliphatic carbocycles. The first-order valence-corrected chi connectivity index (χ1v) is 8.81. The normalized spacial score (nSPS) is 15.2. The predicted molar refractivity (Wildman–Crippen MR) is 104 cm³/mol. The molecule has 0 atom stereocenters. The maximum absolute atomic E-state index is 13.3. The zero-order valence-corrected chi connectivity index (χ0v) is 15.8. The third-order valence-corrected chi connectivity index (χ3v) is 4.76. The van der Waals surface area contributed by atoms with Crippen molar-refractivity contribution in [2.24, 2.45) is 5.73 Å². The highest BCUT2D eigenvalue weighted by Crippen LogP contribution is 2.16. The van der Waals surface area contributed by atoms with E-state index in [0.29, 0.717) is 18.7 Å². The van der Waals surface area contributed by atoms with Gasteiger partial charge in [-0.2, -0.15) is 0 Å². The second-order valence-corrected chi connectivity index (χ2v) is 6.67. The van der Waals surface area contributed by atoms with Crippen LogP contribution in [0.25, 0.3) is 0 Å². The molecule has 1 fully saturated rings. The SMILES string of the molecule is Cl.NCc1ccc(C(=O)NC2CCN(Cc3ccc(F)c(F)c3)CC2)cc1. The molecule has 1 aliphatic heterocycles. The van der Waals surface area contributed by atoms with Crippen LogP contribution < -0.4 is 11.1 Å². The highest BCUT2D eigenvalue weighted by molar-refractivity contribution is 5.94. The first-order valence-electron chi connectivity index (χ1n) is 8.81. The Morgan fingerprint density at radius 3 is 2.26 bits per heavy atom. The fraction of sp³-hybridized carbons (Fsp3) is 0.350. The lowest BCUT2D eigenvalue weighted by Crippen LogP contribution is -2.44. The second kappa shape index (κ2) is 9.78. The average molecular weight is 396 g/mol. The first-order chi connectivity index (χ1) is 12.5. The third kappa shape index (κ3) is 5.73. The Kier molecular flexibility index (Phi) is 7.71. The maximum Gasteiger partial charge on any atom is 0.251 e. The van der Waals surface area contributed by atoms with E-state index in [0.717, 1.165) is 43.1 Å². The number of hydrogen-bond acceptors (Lipinski definition) is 3. The van der Waals surface area contributed by atoms with E-state index >= 15 is 0 Å². The van der Waals surface area contributed by atoms with E-state index in [1.54, 1.807) is 18.2 Å². The molecule has 3 rings (SSSR count). The number of hydrogen-bond donors (Lipinski definition) is 2. The van der Waals surface area contributed by atoms with Gasteiger partial charge < -0.3 is 11.1 Å². The summed E-state index contributed by atoms with van der Waals surface area (Å²) in [7, 11) is 0. The van der Waals surface area contributed by atoms with Crippen molar-refractivity contribution in [1.82, 2.24) is 10.2 Å². The summed E-state index contributed by atoms with van der Waals surface area (Å²) in [5.41, 5.74) is 7.94. The number of nitrogens with two attached hydrogens (primary N) is 1. The number of halogens is 3. The van der Waals surface area contributed by atoms with Crippen molar-refractivity contribution in [3.63, 3.8) is 0 Å². The third-order valence-electron chi connectivity index (χ3n) is 4.76. The van der Waals surface area contributed by atoms with Crippen LogP contribution in [0.2, 0.25) is 0 Å². The highest BCUT2D eigenvalue weighted by atomic mass is 35.5. The van der Waals surface area contributed by atoms with Gasteiger partial charge in [0.05, 0.1) is 0 Å². The Bertz CT molecular complexity index is 762. The van der Waals surface area contributed by atoms with Crippen molar-refractivity contribution in [3.8, 4) is 0 Å². The van der Waals surface area contributed by atoms with Gasteiger partial charge in [-0.25, -0.2) is 8.78 Å². The van der Waals surface area contributed by atoms with Crippen molar-refractivity contribution in [1.29, 1.82) is 0 Å². The molecule has 7 heteroatoms. The molecule has 0 unspecified atom stereocenters. The molecule has 0 spiro atoms. The van der Waals surface area contributed by atoms with Crippen LogP contribution in [-0.4, -0.2) is 29.9 Å². The summed E-state index contributed by atoms with van der Waals surface area (Å²) >= 11 is 0. The predicted octanol–water partition coefficient (Wildman–Crippen LogP) is 3.24. The number of benzene rings is 2. The van der Waals surface area contributed by atoms with Crippen LogP contribution in [0.1, 0.15) is 34.3 Å². The topological polar surface area (TPSA) is 58.4 Å². The lowest BCUT2D eigenvalue weighted by atomic mass is 10.0. The number of carbonyl (C=O) groups is 1. The van der Waals surface area contributed by atoms with E-state index in [2.05, 4.69) is 10.2 Å². The van der Waals surface area contributed by atoms with Crippen LogP contribution in [0.4, 0.5) is 8.78 Å². The van der Waals surface area contributed by atoms with E-state index in [4.69, 9.17) is 5.73 Å². The van der Waals surface area contributed by atoms with Crippen molar-refractivity contribution in [2.45, 2.75) is 32.0 Å². The fourth-order valence-electron chi connectivity index (χ4n) is 3.19. The van der Waals surface area contributed by atoms with Crippen LogP contribution in [-0.2, 0) is 13.1 Å². The number of amides is 1. The van der Waals surface area contributed by atoms with Gasteiger partial charge in [-0.3, -0.25) is 9.69 Å². The van der Waals surface area contributed by atoms with E-state index in [9.17, 15) is 13.6 Å². The quantitative estimate of drug-likeness (QED) is 0.817. The molecule has 27 heavy (non-hydrogen) atoms. The molecule has 3 N–H and O–H groups in total. The standard InChI is InChI=1S/C20H23F2N3O.ClH/c21-18-6-3-15(11-19(18)22)13-25-9-7-17(8-10-25)24-20(26)16-4-1-14(12-23)2-5-16;/h1-6,11,17H,7-10,12-13,23H2,(H,24,26);1H. The molecular weight excluding hydrogens is 372 g/mol. The molecule has 1 saturated heterocycles. The smallest absolute Gasteiger partial charge is 0.251 e. The van der Waals surface area contributed by atoms with Crippen LogP contribution in [0, 0.1) is 11.6 Å². The number of rotatable bonds is 5. The molecule has 0 radical (unpaired) electrons. The largest absolute Gasteiger partial charge is 0.349 e. The van der Waals surface area contributed by atoms with Crippen molar-refractivity contribution in [3.05, 3.63) is 70.8 Å². The molecule has 1 heterocycles. The van der Waals surface area contributed by atoms with Gasteiger partial charge in [0.25, 0.3) is 5.91 Å². The van der Waals surface area contributed by atoms with Crippen molar-refractivity contribution < 1.29 is 13.6 Å². The molecule has 1 amide bonds. The first kappa shape index (κ1) is 21.3. The van der Waals surface area contributed by atoms with Gasteiger partial charge >= 0.3 is 0 Å². The average Bonchev–Trinajstić information content (AvgIpc) is 2.66. The molecular formula is C20H24ClF2N3O.